The molecule has 0 saturated heterocycles. The maximum absolute atomic E-state index is 10.6. The molecule has 164 valence electrons. The Morgan fingerprint density at radius 1 is 0.897 bits per heavy atom. The average molecular weight is 447 g/mol. The van der Waals surface area contributed by atoms with Gasteiger partial charge in [-0.15, -0.1) is 0 Å². The molecule has 0 amide bonds. The first-order chi connectivity index (χ1) is 12.6. The van der Waals surface area contributed by atoms with Crippen LogP contribution in [0.5, 0.6) is 11.5 Å². The molecular formula is C22H32Cl2O5. The normalized spacial score (nSPS) is 9.69. The largest absolute Gasteiger partial charge is 0.489 e. The van der Waals surface area contributed by atoms with Gasteiger partial charge in [-0.25, -0.2) is 4.79 Å². The monoisotopic (exact) mass is 446 g/mol. The van der Waals surface area contributed by atoms with Gasteiger partial charge in [0.05, 0.1) is 34.4 Å². The third kappa shape index (κ3) is 10.4. The van der Waals surface area contributed by atoms with Gasteiger partial charge < -0.3 is 19.7 Å². The predicted molar refractivity (Wildman–Crippen MR) is 121 cm³/mol. The molecule has 0 saturated carbocycles. The van der Waals surface area contributed by atoms with Gasteiger partial charge in [0.15, 0.2) is 0 Å². The van der Waals surface area contributed by atoms with Crippen molar-refractivity contribution < 1.29 is 24.5 Å². The third-order valence-corrected chi connectivity index (χ3v) is 3.67. The number of benzene rings is 2. The number of hydrogen-bond donors (Lipinski definition) is 2. The summed E-state index contributed by atoms with van der Waals surface area (Å²) in [7, 11) is 0. The number of carbonyl (C=O) groups is 1. The summed E-state index contributed by atoms with van der Waals surface area (Å²) in [5, 5.41) is 18.4. The molecule has 0 heterocycles. The molecule has 5 nitrogen and oxygen atoms in total. The van der Waals surface area contributed by atoms with E-state index in [4.69, 9.17) is 42.9 Å². The summed E-state index contributed by atoms with van der Waals surface area (Å²) in [6.45, 7) is 7.64. The fraction of sp³-hybridized carbons (Fsp3) is 0.409. The molecule has 0 unspecified atom stereocenters. The van der Waals surface area contributed by atoms with Gasteiger partial charge in [0.25, 0.3) is 0 Å². The van der Waals surface area contributed by atoms with Gasteiger partial charge in [0.1, 0.15) is 11.5 Å². The fourth-order valence-corrected chi connectivity index (χ4v) is 2.45. The summed E-state index contributed by atoms with van der Waals surface area (Å²) in [6.07, 6.45) is 0.126. The number of aliphatic hydroxyl groups excluding tert-OH is 1. The van der Waals surface area contributed by atoms with Crippen LogP contribution < -0.4 is 9.47 Å². The van der Waals surface area contributed by atoms with E-state index >= 15 is 0 Å². The first kappa shape index (κ1) is 29.3. The third-order valence-electron chi connectivity index (χ3n) is 3.08. The number of aromatic carboxylic acids is 1. The van der Waals surface area contributed by atoms with Crippen molar-refractivity contribution in [1.82, 2.24) is 0 Å². The van der Waals surface area contributed by atoms with Crippen molar-refractivity contribution in [3.05, 3.63) is 57.6 Å². The Bertz CT molecular complexity index is 761. The van der Waals surface area contributed by atoms with Crippen molar-refractivity contribution in [3.8, 4) is 11.5 Å². The molecule has 2 aromatic carbocycles. The van der Waals surface area contributed by atoms with Crippen LogP contribution in [0.15, 0.2) is 36.4 Å². The highest BCUT2D eigenvalue weighted by molar-refractivity contribution is 6.32. The van der Waals surface area contributed by atoms with Gasteiger partial charge in [0, 0.05) is 0 Å². The van der Waals surface area contributed by atoms with Gasteiger partial charge in [-0.2, -0.15) is 0 Å². The van der Waals surface area contributed by atoms with Gasteiger partial charge in [0.2, 0.25) is 0 Å². The number of ether oxygens (including phenoxy) is 2. The molecule has 0 aliphatic carbocycles. The molecule has 0 fully saturated rings. The lowest BCUT2D eigenvalue weighted by Gasteiger charge is -2.11. The molecule has 0 aliphatic heterocycles. The van der Waals surface area contributed by atoms with Crippen LogP contribution in [0.1, 0.15) is 58.5 Å². The number of rotatable bonds is 6. The Labute approximate surface area is 184 Å². The second-order valence-electron chi connectivity index (χ2n) is 6.21. The van der Waals surface area contributed by atoms with Crippen molar-refractivity contribution in [2.75, 3.05) is 0 Å². The van der Waals surface area contributed by atoms with E-state index in [1.54, 1.807) is 24.3 Å². The zero-order valence-corrected chi connectivity index (χ0v) is 17.2. The van der Waals surface area contributed by atoms with E-state index in [1.807, 2.05) is 27.7 Å². The summed E-state index contributed by atoms with van der Waals surface area (Å²) in [5.74, 6) is 0.170. The van der Waals surface area contributed by atoms with E-state index in [-0.39, 0.29) is 39.2 Å². The maximum Gasteiger partial charge on any atom is 0.335 e. The Morgan fingerprint density at radius 3 is 1.69 bits per heavy atom. The average Bonchev–Trinajstić information content (AvgIpc) is 2.58. The van der Waals surface area contributed by atoms with Crippen molar-refractivity contribution in [3.63, 3.8) is 0 Å². The van der Waals surface area contributed by atoms with Gasteiger partial charge in [-0.1, -0.05) is 44.1 Å². The lowest BCUT2D eigenvalue weighted by atomic mass is 10.2. The molecule has 0 atom stereocenters. The number of carboxylic acids is 1. The smallest absolute Gasteiger partial charge is 0.335 e. The minimum Gasteiger partial charge on any atom is -0.489 e. The van der Waals surface area contributed by atoms with Crippen LogP contribution in [-0.4, -0.2) is 28.4 Å². The Morgan fingerprint density at radius 2 is 1.34 bits per heavy atom. The Kier molecular flexibility index (Phi) is 14.2. The minimum atomic E-state index is -0.997. The quantitative estimate of drug-likeness (QED) is 0.514. The van der Waals surface area contributed by atoms with Crippen LogP contribution >= 0.6 is 23.2 Å². The van der Waals surface area contributed by atoms with Crippen LogP contribution in [0.3, 0.4) is 0 Å². The second kappa shape index (κ2) is 14.1. The minimum absolute atomic E-state index is 0. The van der Waals surface area contributed by atoms with Gasteiger partial charge >= 0.3 is 5.97 Å². The molecule has 2 aromatic rings. The SMILES string of the molecule is C.C.CC(C)Oc1ccc(C(=O)O)cc1Cl.CC(C)Oc1ccc(CO)cc1Cl. The maximum atomic E-state index is 10.6. The molecule has 7 heteroatoms. The Balaban J connectivity index is 0. The number of aliphatic hydroxyl groups is 1. The number of hydrogen-bond acceptors (Lipinski definition) is 4. The standard InChI is InChI=1S/C10H11ClO3.C10H13ClO2.2CH4/c1-6(2)14-9-4-3-7(10(12)13)5-8(9)11;1-7(2)13-10-4-3-8(6-12)5-9(10)11;;/h3-6H,1-2H3,(H,12,13);3-5,7,12H,6H2,1-2H3;2*1H4. The van der Waals surface area contributed by atoms with Crippen molar-refractivity contribution in [2.45, 2.75) is 61.4 Å². The summed E-state index contributed by atoms with van der Waals surface area (Å²) < 4.78 is 10.8. The van der Waals surface area contributed by atoms with Gasteiger partial charge in [-0.05, 0) is 63.6 Å². The number of halogens is 2. The second-order valence-corrected chi connectivity index (χ2v) is 7.02. The highest BCUT2D eigenvalue weighted by Crippen LogP contribution is 2.27. The molecular weight excluding hydrogens is 415 g/mol. The summed E-state index contributed by atoms with van der Waals surface area (Å²) in [6, 6.07) is 9.68. The lowest BCUT2D eigenvalue weighted by Crippen LogP contribution is -2.06. The van der Waals surface area contributed by atoms with E-state index in [0.717, 1.165) is 5.56 Å². The lowest BCUT2D eigenvalue weighted by molar-refractivity contribution is 0.0697. The van der Waals surface area contributed by atoms with E-state index in [1.165, 1.54) is 12.1 Å². The molecule has 0 spiro atoms. The van der Waals surface area contributed by atoms with Crippen molar-refractivity contribution >= 4 is 29.2 Å². The first-order valence-corrected chi connectivity index (χ1v) is 9.15. The number of carboxylic acid groups (broad SMARTS) is 1. The summed E-state index contributed by atoms with van der Waals surface area (Å²) >= 11 is 11.7. The Hall–Kier alpha value is -1.95. The van der Waals surface area contributed by atoms with E-state index in [2.05, 4.69) is 0 Å². The zero-order chi connectivity index (χ0) is 20.6. The van der Waals surface area contributed by atoms with Gasteiger partial charge in [-0.3, -0.25) is 0 Å². The van der Waals surface area contributed by atoms with Crippen LogP contribution in [0.25, 0.3) is 0 Å². The van der Waals surface area contributed by atoms with Crippen LogP contribution in [0.2, 0.25) is 10.0 Å². The van der Waals surface area contributed by atoms with Crippen LogP contribution in [0.4, 0.5) is 0 Å². The molecule has 0 aromatic heterocycles. The topological polar surface area (TPSA) is 76.0 Å². The highest BCUT2D eigenvalue weighted by atomic mass is 35.5. The molecule has 2 N–H and O–H groups in total. The molecule has 0 radical (unpaired) electrons. The summed E-state index contributed by atoms with van der Waals surface area (Å²) in [5.41, 5.74) is 0.951. The van der Waals surface area contributed by atoms with E-state index < -0.39 is 5.97 Å². The summed E-state index contributed by atoms with van der Waals surface area (Å²) in [4.78, 5) is 10.6. The molecule has 0 bridgehead atoms. The fourth-order valence-electron chi connectivity index (χ4n) is 1.98. The molecule has 0 aliphatic rings. The van der Waals surface area contributed by atoms with E-state index in [9.17, 15) is 4.79 Å². The van der Waals surface area contributed by atoms with Crippen LogP contribution in [-0.2, 0) is 6.61 Å². The highest BCUT2D eigenvalue weighted by Gasteiger charge is 2.08. The molecule has 29 heavy (non-hydrogen) atoms. The predicted octanol–water partition coefficient (Wildman–Crippen LogP) is 6.72. The molecule has 2 rings (SSSR count). The zero-order valence-electron chi connectivity index (χ0n) is 15.7. The van der Waals surface area contributed by atoms with Crippen molar-refractivity contribution in [1.29, 1.82) is 0 Å². The first-order valence-electron chi connectivity index (χ1n) is 8.39. The van der Waals surface area contributed by atoms with Crippen LogP contribution in [0, 0.1) is 0 Å². The van der Waals surface area contributed by atoms with E-state index in [0.29, 0.717) is 21.5 Å². The van der Waals surface area contributed by atoms with Crippen molar-refractivity contribution in [2.24, 2.45) is 0 Å².